The summed E-state index contributed by atoms with van der Waals surface area (Å²) in [5, 5.41) is 12.2. The third kappa shape index (κ3) is 6.00. The summed E-state index contributed by atoms with van der Waals surface area (Å²) in [7, 11) is 0. The predicted molar refractivity (Wildman–Crippen MR) is 113 cm³/mol. The van der Waals surface area contributed by atoms with Crippen LogP contribution in [0.25, 0.3) is 0 Å². The second kappa shape index (κ2) is 9.81. The summed E-state index contributed by atoms with van der Waals surface area (Å²) >= 11 is 1.22. The maximum atomic E-state index is 12.9. The number of amides is 1. The van der Waals surface area contributed by atoms with Crippen molar-refractivity contribution in [1.82, 2.24) is 10.3 Å². The van der Waals surface area contributed by atoms with E-state index in [1.54, 1.807) is 43.3 Å². The van der Waals surface area contributed by atoms with Crippen molar-refractivity contribution in [2.45, 2.75) is 19.8 Å². The first-order chi connectivity index (χ1) is 14.4. The van der Waals surface area contributed by atoms with Crippen molar-refractivity contribution < 1.29 is 19.1 Å². The van der Waals surface area contributed by atoms with Crippen LogP contribution in [0.4, 0.5) is 4.39 Å². The molecule has 0 atom stereocenters. The summed E-state index contributed by atoms with van der Waals surface area (Å²) in [6.07, 6.45) is 0.577. The molecule has 0 saturated carbocycles. The zero-order valence-corrected chi connectivity index (χ0v) is 17.1. The SMILES string of the molecule is Cc1nc(C#Cc2ccc(CC(=O)O)cc2)sc1C(=O)NCCc1ccc(F)cc1. The molecule has 2 aromatic carbocycles. The quantitative estimate of drug-likeness (QED) is 0.595. The van der Waals surface area contributed by atoms with E-state index in [0.29, 0.717) is 34.1 Å². The van der Waals surface area contributed by atoms with Crippen LogP contribution in [-0.4, -0.2) is 28.5 Å². The number of nitrogens with zero attached hydrogens (tertiary/aromatic N) is 1. The maximum Gasteiger partial charge on any atom is 0.307 e. The highest BCUT2D eigenvalue weighted by molar-refractivity contribution is 7.14. The van der Waals surface area contributed by atoms with Crippen molar-refractivity contribution in [2.75, 3.05) is 6.54 Å². The third-order valence-corrected chi connectivity index (χ3v) is 5.31. The lowest BCUT2D eigenvalue weighted by Gasteiger charge is -2.04. The van der Waals surface area contributed by atoms with Crippen molar-refractivity contribution in [2.24, 2.45) is 0 Å². The van der Waals surface area contributed by atoms with Gasteiger partial charge in [0.15, 0.2) is 5.01 Å². The fraction of sp³-hybridized carbons (Fsp3) is 0.174. The number of carbonyl (C=O) groups is 2. The van der Waals surface area contributed by atoms with Crippen molar-refractivity contribution in [1.29, 1.82) is 0 Å². The normalized spacial score (nSPS) is 10.2. The fourth-order valence-electron chi connectivity index (χ4n) is 2.72. The van der Waals surface area contributed by atoms with Gasteiger partial charge in [0.05, 0.1) is 12.1 Å². The number of aromatic nitrogens is 1. The fourth-order valence-corrected chi connectivity index (χ4v) is 3.55. The smallest absolute Gasteiger partial charge is 0.307 e. The molecule has 0 fully saturated rings. The Bertz CT molecular complexity index is 1110. The van der Waals surface area contributed by atoms with Gasteiger partial charge in [0, 0.05) is 12.1 Å². The van der Waals surface area contributed by atoms with Crippen LogP contribution in [0.1, 0.15) is 37.1 Å². The Labute approximate surface area is 177 Å². The molecule has 1 aromatic heterocycles. The van der Waals surface area contributed by atoms with E-state index in [0.717, 1.165) is 11.1 Å². The number of benzene rings is 2. The molecule has 0 radical (unpaired) electrons. The number of carboxylic acids is 1. The summed E-state index contributed by atoms with van der Waals surface area (Å²) in [5.41, 5.74) is 3.00. The van der Waals surface area contributed by atoms with Crippen molar-refractivity contribution in [3.8, 4) is 11.8 Å². The van der Waals surface area contributed by atoms with E-state index in [1.165, 1.54) is 23.5 Å². The number of hydrogen-bond acceptors (Lipinski definition) is 4. The molecular weight excluding hydrogens is 403 g/mol. The summed E-state index contributed by atoms with van der Waals surface area (Å²) in [6, 6.07) is 13.2. The molecule has 0 spiro atoms. The number of halogens is 1. The standard InChI is InChI=1S/C23H19FN2O3S/c1-15-22(23(29)25-13-12-17-6-9-19(24)10-7-17)30-20(26-15)11-8-16-2-4-18(5-3-16)14-21(27)28/h2-7,9-10H,12-14H2,1H3,(H,25,29)(H,27,28). The average molecular weight is 422 g/mol. The molecular formula is C23H19FN2O3S. The minimum absolute atomic E-state index is 0.0288. The third-order valence-electron chi connectivity index (χ3n) is 4.24. The first-order valence-corrected chi connectivity index (χ1v) is 10.0. The van der Waals surface area contributed by atoms with Crippen LogP contribution in [0.2, 0.25) is 0 Å². The molecule has 0 unspecified atom stereocenters. The first kappa shape index (κ1) is 21.2. The summed E-state index contributed by atoms with van der Waals surface area (Å²) in [5.74, 6) is 4.55. The molecule has 0 saturated heterocycles. The van der Waals surface area contributed by atoms with Gasteiger partial charge in [0.2, 0.25) is 0 Å². The molecule has 3 rings (SSSR count). The molecule has 0 aliphatic rings. The molecule has 1 amide bonds. The van der Waals surface area contributed by atoms with Gasteiger partial charge in [0.1, 0.15) is 10.7 Å². The van der Waals surface area contributed by atoms with Crippen LogP contribution in [0.15, 0.2) is 48.5 Å². The topological polar surface area (TPSA) is 79.3 Å². The highest BCUT2D eigenvalue weighted by Crippen LogP contribution is 2.17. The lowest BCUT2D eigenvalue weighted by Crippen LogP contribution is -2.25. The first-order valence-electron chi connectivity index (χ1n) is 9.23. The zero-order chi connectivity index (χ0) is 21.5. The van der Waals surface area contributed by atoms with Gasteiger partial charge in [-0.3, -0.25) is 9.59 Å². The minimum Gasteiger partial charge on any atom is -0.481 e. The lowest BCUT2D eigenvalue weighted by molar-refractivity contribution is -0.136. The highest BCUT2D eigenvalue weighted by Gasteiger charge is 2.14. The van der Waals surface area contributed by atoms with E-state index in [2.05, 4.69) is 22.1 Å². The summed E-state index contributed by atoms with van der Waals surface area (Å²) in [6.45, 7) is 2.20. The van der Waals surface area contributed by atoms with Crippen molar-refractivity contribution in [3.05, 3.63) is 86.6 Å². The Morgan fingerprint density at radius 1 is 1.07 bits per heavy atom. The number of rotatable bonds is 6. The van der Waals surface area contributed by atoms with E-state index in [4.69, 9.17) is 5.11 Å². The summed E-state index contributed by atoms with van der Waals surface area (Å²) < 4.78 is 12.9. The molecule has 0 aliphatic carbocycles. The van der Waals surface area contributed by atoms with Crippen LogP contribution in [0.5, 0.6) is 0 Å². The molecule has 30 heavy (non-hydrogen) atoms. The van der Waals surface area contributed by atoms with Gasteiger partial charge >= 0.3 is 5.97 Å². The Kier molecular flexibility index (Phi) is 6.94. The maximum absolute atomic E-state index is 12.9. The molecule has 0 aliphatic heterocycles. The van der Waals surface area contributed by atoms with Gasteiger partial charge in [-0.15, -0.1) is 11.3 Å². The van der Waals surface area contributed by atoms with Crippen LogP contribution in [0.3, 0.4) is 0 Å². The van der Waals surface area contributed by atoms with E-state index in [-0.39, 0.29) is 18.1 Å². The number of nitrogens with one attached hydrogen (secondary N) is 1. The second-order valence-corrected chi connectivity index (χ2v) is 7.58. The molecule has 152 valence electrons. The number of aliphatic carboxylic acids is 1. The van der Waals surface area contributed by atoms with E-state index in [9.17, 15) is 14.0 Å². The van der Waals surface area contributed by atoms with Crippen LogP contribution in [0, 0.1) is 24.6 Å². The average Bonchev–Trinajstić information content (AvgIpc) is 3.09. The van der Waals surface area contributed by atoms with Crippen molar-refractivity contribution >= 4 is 23.2 Å². The molecule has 1 heterocycles. The summed E-state index contributed by atoms with van der Waals surface area (Å²) in [4.78, 5) is 28.0. The Balaban J connectivity index is 1.59. The van der Waals surface area contributed by atoms with Gasteiger partial charge in [-0.05, 0) is 54.7 Å². The Hall–Kier alpha value is -3.50. The number of thiazole rings is 1. The Morgan fingerprint density at radius 2 is 1.73 bits per heavy atom. The van der Waals surface area contributed by atoms with Crippen LogP contribution >= 0.6 is 11.3 Å². The van der Waals surface area contributed by atoms with E-state index >= 15 is 0 Å². The van der Waals surface area contributed by atoms with E-state index < -0.39 is 5.97 Å². The second-order valence-electron chi connectivity index (χ2n) is 6.58. The zero-order valence-electron chi connectivity index (χ0n) is 16.2. The van der Waals surface area contributed by atoms with Crippen LogP contribution in [-0.2, 0) is 17.6 Å². The van der Waals surface area contributed by atoms with Gasteiger partial charge in [-0.25, -0.2) is 9.37 Å². The molecule has 2 N–H and O–H groups in total. The monoisotopic (exact) mass is 422 g/mol. The van der Waals surface area contributed by atoms with Gasteiger partial charge in [-0.1, -0.05) is 30.2 Å². The van der Waals surface area contributed by atoms with E-state index in [1.807, 2.05) is 0 Å². The van der Waals surface area contributed by atoms with Crippen molar-refractivity contribution in [3.63, 3.8) is 0 Å². The number of aryl methyl sites for hydroxylation is 1. The van der Waals surface area contributed by atoms with Gasteiger partial charge in [-0.2, -0.15) is 0 Å². The highest BCUT2D eigenvalue weighted by atomic mass is 32.1. The largest absolute Gasteiger partial charge is 0.481 e. The van der Waals surface area contributed by atoms with Gasteiger partial charge < -0.3 is 10.4 Å². The number of carboxylic acid groups (broad SMARTS) is 1. The minimum atomic E-state index is -0.879. The number of hydrogen-bond donors (Lipinski definition) is 2. The Morgan fingerprint density at radius 3 is 2.40 bits per heavy atom. The molecule has 3 aromatic rings. The molecule has 7 heteroatoms. The lowest BCUT2D eigenvalue weighted by atomic mass is 10.1. The molecule has 0 bridgehead atoms. The number of carbonyl (C=O) groups excluding carboxylic acids is 1. The molecule has 5 nitrogen and oxygen atoms in total. The van der Waals surface area contributed by atoms with Crippen LogP contribution < -0.4 is 5.32 Å². The van der Waals surface area contributed by atoms with Gasteiger partial charge in [0.25, 0.3) is 5.91 Å². The predicted octanol–water partition coefficient (Wildman–Crippen LogP) is 3.59.